The minimum atomic E-state index is -3.69. The van der Waals surface area contributed by atoms with Gasteiger partial charge in [0.2, 0.25) is 10.0 Å². The van der Waals surface area contributed by atoms with E-state index >= 15 is 0 Å². The first-order chi connectivity index (χ1) is 13.0. The van der Waals surface area contributed by atoms with E-state index in [1.54, 1.807) is 12.1 Å². The SMILES string of the molecule is O=c1ccc(-n2cncn2)nn1CCNS(=O)(=O)c1ccc2c(c1)CCO2. The third-order valence-corrected chi connectivity index (χ3v) is 5.55. The Morgan fingerprint density at radius 3 is 2.93 bits per heavy atom. The average molecular weight is 388 g/mol. The summed E-state index contributed by atoms with van der Waals surface area (Å²) < 4.78 is 35.4. The van der Waals surface area contributed by atoms with Gasteiger partial charge in [0.1, 0.15) is 18.4 Å². The Bertz CT molecular complexity index is 1120. The monoisotopic (exact) mass is 388 g/mol. The number of nitrogens with one attached hydrogen (secondary N) is 1. The lowest BCUT2D eigenvalue weighted by Crippen LogP contribution is -2.32. The van der Waals surface area contributed by atoms with Crippen LogP contribution in [-0.4, -0.2) is 46.1 Å². The molecule has 0 amide bonds. The molecular weight excluding hydrogens is 372 g/mol. The molecule has 3 heterocycles. The van der Waals surface area contributed by atoms with Crippen LogP contribution in [0.3, 0.4) is 0 Å². The van der Waals surface area contributed by atoms with E-state index in [1.165, 1.54) is 40.2 Å². The molecule has 1 aliphatic heterocycles. The Balaban J connectivity index is 1.46. The molecule has 0 bridgehead atoms. The van der Waals surface area contributed by atoms with Crippen LogP contribution in [0, 0.1) is 0 Å². The largest absolute Gasteiger partial charge is 0.493 e. The number of hydrogen-bond donors (Lipinski definition) is 1. The van der Waals surface area contributed by atoms with Crippen molar-refractivity contribution in [2.45, 2.75) is 17.9 Å². The van der Waals surface area contributed by atoms with Crippen LogP contribution in [-0.2, 0) is 23.0 Å². The zero-order valence-corrected chi connectivity index (χ0v) is 15.0. The summed E-state index contributed by atoms with van der Waals surface area (Å²) in [5.74, 6) is 1.13. The van der Waals surface area contributed by atoms with Crippen molar-refractivity contribution >= 4 is 10.0 Å². The molecule has 140 valence electrons. The average Bonchev–Trinajstić information content (AvgIpc) is 3.34. The number of fused-ring (bicyclic) bond motifs is 1. The summed E-state index contributed by atoms with van der Waals surface area (Å²) in [5, 5.41) is 8.12. The van der Waals surface area contributed by atoms with E-state index in [0.29, 0.717) is 18.8 Å². The first-order valence-corrected chi connectivity index (χ1v) is 9.70. The molecule has 4 rings (SSSR count). The highest BCUT2D eigenvalue weighted by molar-refractivity contribution is 7.89. The van der Waals surface area contributed by atoms with Crippen LogP contribution in [0.5, 0.6) is 5.75 Å². The summed E-state index contributed by atoms with van der Waals surface area (Å²) in [7, 11) is -3.69. The number of aromatic nitrogens is 5. The summed E-state index contributed by atoms with van der Waals surface area (Å²) >= 11 is 0. The van der Waals surface area contributed by atoms with Crippen LogP contribution in [0.25, 0.3) is 5.82 Å². The minimum absolute atomic E-state index is 0.0175. The van der Waals surface area contributed by atoms with E-state index in [1.807, 2.05) is 0 Å². The maximum Gasteiger partial charge on any atom is 0.266 e. The molecule has 0 atom stereocenters. The van der Waals surface area contributed by atoms with Crippen molar-refractivity contribution in [1.29, 1.82) is 0 Å². The van der Waals surface area contributed by atoms with Crippen molar-refractivity contribution in [3.63, 3.8) is 0 Å². The normalized spacial score (nSPS) is 13.3. The molecule has 1 aliphatic rings. The number of sulfonamides is 1. The highest BCUT2D eigenvalue weighted by atomic mass is 32.2. The summed E-state index contributed by atoms with van der Waals surface area (Å²) in [5.41, 5.74) is 0.532. The number of nitrogens with zero attached hydrogens (tertiary/aromatic N) is 5. The third-order valence-electron chi connectivity index (χ3n) is 4.09. The predicted octanol–water partition coefficient (Wildman–Crippen LogP) is -0.263. The van der Waals surface area contributed by atoms with Crippen molar-refractivity contribution in [2.24, 2.45) is 0 Å². The van der Waals surface area contributed by atoms with Crippen LogP contribution >= 0.6 is 0 Å². The van der Waals surface area contributed by atoms with Gasteiger partial charge in [-0.3, -0.25) is 4.79 Å². The minimum Gasteiger partial charge on any atom is -0.493 e. The van der Waals surface area contributed by atoms with E-state index in [-0.39, 0.29) is 23.5 Å². The standard InChI is InChI=1S/C16H16N6O4S/c23-16-4-3-15(22-11-17-10-18-22)20-21(16)7-6-19-27(24,25)13-1-2-14-12(9-13)5-8-26-14/h1-4,9-11,19H,5-8H2. The molecule has 0 aliphatic carbocycles. The van der Waals surface area contributed by atoms with E-state index in [4.69, 9.17) is 4.74 Å². The number of ether oxygens (including phenoxy) is 1. The van der Waals surface area contributed by atoms with Gasteiger partial charge in [-0.2, -0.15) is 5.10 Å². The van der Waals surface area contributed by atoms with E-state index in [0.717, 1.165) is 11.3 Å². The predicted molar refractivity (Wildman–Crippen MR) is 94.2 cm³/mol. The Kier molecular flexibility index (Phi) is 4.46. The zero-order valence-electron chi connectivity index (χ0n) is 14.1. The van der Waals surface area contributed by atoms with Crippen LogP contribution in [0.2, 0.25) is 0 Å². The van der Waals surface area contributed by atoms with E-state index < -0.39 is 10.0 Å². The molecule has 27 heavy (non-hydrogen) atoms. The van der Waals surface area contributed by atoms with Gasteiger partial charge < -0.3 is 4.74 Å². The lowest BCUT2D eigenvalue weighted by Gasteiger charge is -2.09. The van der Waals surface area contributed by atoms with Gasteiger partial charge in [0.05, 0.1) is 18.0 Å². The second kappa shape index (κ2) is 6.93. The summed E-state index contributed by atoms with van der Waals surface area (Å²) in [4.78, 5) is 16.0. The molecule has 0 radical (unpaired) electrons. The molecule has 0 spiro atoms. The summed E-state index contributed by atoms with van der Waals surface area (Å²) in [6.45, 7) is 0.654. The van der Waals surface area contributed by atoms with Gasteiger partial charge in [0.25, 0.3) is 5.56 Å². The van der Waals surface area contributed by atoms with Crippen molar-refractivity contribution in [2.75, 3.05) is 13.2 Å². The number of rotatable bonds is 6. The molecule has 3 aromatic rings. The molecular formula is C16H16N6O4S. The van der Waals surface area contributed by atoms with Crippen molar-refractivity contribution in [1.82, 2.24) is 29.3 Å². The molecule has 0 fully saturated rings. The highest BCUT2D eigenvalue weighted by Crippen LogP contribution is 2.27. The smallest absolute Gasteiger partial charge is 0.266 e. The fourth-order valence-corrected chi connectivity index (χ4v) is 3.82. The molecule has 0 saturated carbocycles. The van der Waals surface area contributed by atoms with Crippen molar-refractivity contribution in [3.8, 4) is 11.6 Å². The van der Waals surface area contributed by atoms with Crippen molar-refractivity contribution < 1.29 is 13.2 Å². The maximum atomic E-state index is 12.5. The van der Waals surface area contributed by atoms with Gasteiger partial charge in [0, 0.05) is 19.0 Å². The zero-order chi connectivity index (χ0) is 18.9. The Hall–Kier alpha value is -3.05. The Morgan fingerprint density at radius 1 is 1.22 bits per heavy atom. The maximum absolute atomic E-state index is 12.5. The second-order valence-corrected chi connectivity index (χ2v) is 7.63. The van der Waals surface area contributed by atoms with Gasteiger partial charge in [-0.05, 0) is 29.8 Å². The van der Waals surface area contributed by atoms with Gasteiger partial charge in [-0.25, -0.2) is 27.5 Å². The lowest BCUT2D eigenvalue weighted by molar-refractivity contribution is 0.356. The third kappa shape index (κ3) is 3.59. The summed E-state index contributed by atoms with van der Waals surface area (Å²) in [6, 6.07) is 7.64. The molecule has 0 saturated heterocycles. The lowest BCUT2D eigenvalue weighted by atomic mass is 10.2. The van der Waals surface area contributed by atoms with Crippen LogP contribution in [0.15, 0.2) is 52.7 Å². The summed E-state index contributed by atoms with van der Waals surface area (Å²) in [6.07, 6.45) is 3.50. The van der Waals surface area contributed by atoms with Crippen LogP contribution in [0.1, 0.15) is 5.56 Å². The van der Waals surface area contributed by atoms with Gasteiger partial charge in [-0.1, -0.05) is 0 Å². The Labute approximate surface area is 154 Å². The fraction of sp³-hybridized carbons (Fsp3) is 0.250. The molecule has 1 aromatic carbocycles. The molecule has 0 unspecified atom stereocenters. The van der Waals surface area contributed by atoms with E-state index in [2.05, 4.69) is 19.9 Å². The molecule has 1 N–H and O–H groups in total. The van der Waals surface area contributed by atoms with Crippen LogP contribution in [0.4, 0.5) is 0 Å². The topological polar surface area (TPSA) is 121 Å². The fourth-order valence-electron chi connectivity index (χ4n) is 2.75. The molecule has 11 heteroatoms. The van der Waals surface area contributed by atoms with E-state index in [9.17, 15) is 13.2 Å². The highest BCUT2D eigenvalue weighted by Gasteiger charge is 2.19. The number of benzene rings is 1. The molecule has 10 nitrogen and oxygen atoms in total. The van der Waals surface area contributed by atoms with Crippen molar-refractivity contribution in [3.05, 3.63) is 58.9 Å². The number of hydrogen-bond acceptors (Lipinski definition) is 7. The second-order valence-electron chi connectivity index (χ2n) is 5.86. The van der Waals surface area contributed by atoms with Crippen LogP contribution < -0.4 is 15.0 Å². The first-order valence-electron chi connectivity index (χ1n) is 8.21. The molecule has 2 aromatic heterocycles. The van der Waals surface area contributed by atoms with Gasteiger partial charge >= 0.3 is 0 Å². The quantitative estimate of drug-likeness (QED) is 0.617. The van der Waals surface area contributed by atoms with Gasteiger partial charge in [0.15, 0.2) is 5.82 Å². The Morgan fingerprint density at radius 2 is 2.11 bits per heavy atom. The first kappa shape index (κ1) is 17.4. The van der Waals surface area contributed by atoms with Gasteiger partial charge in [-0.15, -0.1) is 5.10 Å².